The summed E-state index contributed by atoms with van der Waals surface area (Å²) in [5, 5.41) is 13.7. The Balaban J connectivity index is 1.39. The molecule has 1 saturated carbocycles. The number of rotatable bonds is 8. The second-order valence-electron chi connectivity index (χ2n) is 9.56. The van der Waals surface area contributed by atoms with Crippen LogP contribution in [0.4, 0.5) is 0 Å². The lowest BCUT2D eigenvalue weighted by Crippen LogP contribution is -2.35. The van der Waals surface area contributed by atoms with E-state index in [0.29, 0.717) is 19.1 Å². The van der Waals surface area contributed by atoms with Gasteiger partial charge in [0.1, 0.15) is 0 Å². The summed E-state index contributed by atoms with van der Waals surface area (Å²) >= 11 is 0. The van der Waals surface area contributed by atoms with Crippen LogP contribution in [-0.2, 0) is 26.1 Å². The molecule has 1 N–H and O–H groups in total. The zero-order valence-electron chi connectivity index (χ0n) is 20.0. The van der Waals surface area contributed by atoms with E-state index in [1.54, 1.807) is 0 Å². The van der Waals surface area contributed by atoms with Gasteiger partial charge < -0.3 is 4.98 Å². The second kappa shape index (κ2) is 9.89. The third-order valence-electron chi connectivity index (χ3n) is 7.01. The number of H-pyrrole nitrogens is 1. The van der Waals surface area contributed by atoms with E-state index in [9.17, 15) is 4.79 Å². The fourth-order valence-electron chi connectivity index (χ4n) is 5.21. The average Bonchev–Trinajstić information content (AvgIpc) is 3.51. The van der Waals surface area contributed by atoms with E-state index in [-0.39, 0.29) is 5.56 Å². The average molecular weight is 457 g/mol. The lowest BCUT2D eigenvalue weighted by Gasteiger charge is -2.28. The summed E-state index contributed by atoms with van der Waals surface area (Å²) < 4.78 is 1.91. The number of benzene rings is 2. The summed E-state index contributed by atoms with van der Waals surface area (Å²) in [6.45, 7) is 6.13. The molecule has 1 aliphatic carbocycles. The molecule has 2 aromatic heterocycles. The van der Waals surface area contributed by atoms with Gasteiger partial charge in [0.15, 0.2) is 5.82 Å². The molecule has 0 aliphatic heterocycles. The molecule has 34 heavy (non-hydrogen) atoms. The minimum absolute atomic E-state index is 0.0100. The van der Waals surface area contributed by atoms with Crippen molar-refractivity contribution in [3.8, 4) is 0 Å². The molecule has 0 unspecified atom stereocenters. The largest absolute Gasteiger partial charge is 0.322 e. The van der Waals surface area contributed by atoms with Crippen LogP contribution >= 0.6 is 0 Å². The Labute approximate surface area is 199 Å². The van der Waals surface area contributed by atoms with E-state index in [4.69, 9.17) is 0 Å². The molecule has 4 aromatic rings. The van der Waals surface area contributed by atoms with Crippen LogP contribution < -0.4 is 5.56 Å². The molecule has 2 heterocycles. The standard InChI is InChI=1S/C27H32N6O/c1-19-14-20(2)24-16-22(27(34)28-25(24)15-19)17-32(23-10-6-7-11-23)18-26-29-30-31-33(26)13-12-21-8-4-3-5-9-21/h3-5,8-9,14-16,23H,6-7,10-13,17-18H2,1-2H3,(H,28,34). The number of tetrazole rings is 1. The van der Waals surface area contributed by atoms with Crippen LogP contribution in [-0.4, -0.2) is 36.1 Å². The van der Waals surface area contributed by atoms with Crippen molar-refractivity contribution in [1.29, 1.82) is 0 Å². The number of pyridine rings is 1. The fourth-order valence-corrected chi connectivity index (χ4v) is 5.21. The molecule has 1 aliphatic rings. The molecule has 176 valence electrons. The van der Waals surface area contributed by atoms with Crippen molar-refractivity contribution in [3.63, 3.8) is 0 Å². The Hall–Kier alpha value is -3.32. The summed E-state index contributed by atoms with van der Waals surface area (Å²) in [5.41, 5.74) is 5.31. The molecule has 0 atom stereocenters. The summed E-state index contributed by atoms with van der Waals surface area (Å²) in [6, 6.07) is 17.1. The summed E-state index contributed by atoms with van der Waals surface area (Å²) in [5.74, 6) is 0.854. The second-order valence-corrected chi connectivity index (χ2v) is 9.56. The summed E-state index contributed by atoms with van der Waals surface area (Å²) in [6.07, 6.45) is 5.63. The van der Waals surface area contributed by atoms with Gasteiger partial charge in [-0.3, -0.25) is 9.69 Å². The smallest absolute Gasteiger partial charge is 0.252 e. The molecule has 2 aromatic carbocycles. The lowest BCUT2D eigenvalue weighted by atomic mass is 10.0. The molecular weight excluding hydrogens is 424 g/mol. The van der Waals surface area contributed by atoms with E-state index in [1.807, 2.05) is 16.8 Å². The first-order valence-electron chi connectivity index (χ1n) is 12.2. The van der Waals surface area contributed by atoms with Crippen LogP contribution in [0.1, 0.15) is 53.8 Å². The van der Waals surface area contributed by atoms with E-state index in [0.717, 1.165) is 53.7 Å². The number of aryl methyl sites for hydroxylation is 4. The number of aromatic nitrogens is 5. The molecule has 7 nitrogen and oxygen atoms in total. The van der Waals surface area contributed by atoms with Crippen molar-refractivity contribution in [1.82, 2.24) is 30.1 Å². The van der Waals surface area contributed by atoms with Crippen molar-refractivity contribution in [3.05, 3.63) is 87.0 Å². The highest BCUT2D eigenvalue weighted by molar-refractivity contribution is 5.83. The zero-order valence-corrected chi connectivity index (χ0v) is 20.0. The number of hydrogen-bond donors (Lipinski definition) is 1. The van der Waals surface area contributed by atoms with Crippen molar-refractivity contribution in [2.24, 2.45) is 0 Å². The van der Waals surface area contributed by atoms with Gasteiger partial charge in [-0.15, -0.1) is 5.10 Å². The van der Waals surface area contributed by atoms with Gasteiger partial charge in [0.05, 0.1) is 6.54 Å². The Morgan fingerprint density at radius 3 is 2.65 bits per heavy atom. The van der Waals surface area contributed by atoms with Gasteiger partial charge in [-0.05, 0) is 72.4 Å². The van der Waals surface area contributed by atoms with Gasteiger partial charge >= 0.3 is 0 Å². The molecule has 0 spiro atoms. The first-order chi connectivity index (χ1) is 16.6. The van der Waals surface area contributed by atoms with Crippen LogP contribution in [0.2, 0.25) is 0 Å². The number of hydrogen-bond acceptors (Lipinski definition) is 5. The highest BCUT2D eigenvalue weighted by Crippen LogP contribution is 2.27. The van der Waals surface area contributed by atoms with E-state index < -0.39 is 0 Å². The van der Waals surface area contributed by atoms with E-state index >= 15 is 0 Å². The van der Waals surface area contributed by atoms with Crippen LogP contribution in [0.15, 0.2) is 53.3 Å². The van der Waals surface area contributed by atoms with Gasteiger partial charge in [-0.25, -0.2) is 4.68 Å². The lowest BCUT2D eigenvalue weighted by molar-refractivity contribution is 0.172. The van der Waals surface area contributed by atoms with Crippen LogP contribution in [0.25, 0.3) is 10.9 Å². The quantitative estimate of drug-likeness (QED) is 0.427. The topological polar surface area (TPSA) is 79.7 Å². The minimum atomic E-state index is -0.0100. The highest BCUT2D eigenvalue weighted by atomic mass is 16.1. The fraction of sp³-hybridized carbons (Fsp3) is 0.407. The van der Waals surface area contributed by atoms with E-state index in [1.165, 1.54) is 24.0 Å². The van der Waals surface area contributed by atoms with Crippen molar-refractivity contribution in [2.45, 2.75) is 71.6 Å². The molecule has 0 bridgehead atoms. The van der Waals surface area contributed by atoms with Crippen LogP contribution in [0.5, 0.6) is 0 Å². The molecule has 5 rings (SSSR count). The van der Waals surface area contributed by atoms with Gasteiger partial charge in [-0.2, -0.15) is 0 Å². The third kappa shape index (κ3) is 4.94. The molecule has 1 fully saturated rings. The normalized spacial score (nSPS) is 14.4. The monoisotopic (exact) mass is 456 g/mol. The minimum Gasteiger partial charge on any atom is -0.322 e. The maximum Gasteiger partial charge on any atom is 0.252 e. The van der Waals surface area contributed by atoms with Crippen LogP contribution in [0, 0.1) is 13.8 Å². The van der Waals surface area contributed by atoms with Crippen LogP contribution in [0.3, 0.4) is 0 Å². The molecular formula is C27H32N6O. The van der Waals surface area contributed by atoms with Gasteiger partial charge in [0.2, 0.25) is 0 Å². The van der Waals surface area contributed by atoms with Crippen molar-refractivity contribution in [2.75, 3.05) is 0 Å². The van der Waals surface area contributed by atoms with Gasteiger partial charge in [-0.1, -0.05) is 49.2 Å². The first kappa shape index (κ1) is 22.5. The van der Waals surface area contributed by atoms with Gasteiger partial charge in [0.25, 0.3) is 5.56 Å². The maximum absolute atomic E-state index is 13.0. The number of nitrogens with zero attached hydrogens (tertiary/aromatic N) is 5. The number of fused-ring (bicyclic) bond motifs is 1. The Bertz CT molecular complexity index is 1320. The third-order valence-corrected chi connectivity index (χ3v) is 7.01. The van der Waals surface area contributed by atoms with E-state index in [2.05, 4.69) is 75.7 Å². The number of nitrogens with one attached hydrogen (secondary N) is 1. The Kier molecular flexibility index (Phi) is 6.54. The zero-order chi connectivity index (χ0) is 23.5. The summed E-state index contributed by atoms with van der Waals surface area (Å²) in [4.78, 5) is 18.5. The Morgan fingerprint density at radius 1 is 1.06 bits per heavy atom. The predicted molar refractivity (Wildman–Crippen MR) is 134 cm³/mol. The molecule has 7 heteroatoms. The Morgan fingerprint density at radius 2 is 1.85 bits per heavy atom. The molecule has 0 radical (unpaired) electrons. The highest BCUT2D eigenvalue weighted by Gasteiger charge is 2.25. The predicted octanol–water partition coefficient (Wildman–Crippen LogP) is 4.32. The number of aromatic amines is 1. The first-order valence-corrected chi connectivity index (χ1v) is 12.2. The van der Waals surface area contributed by atoms with Gasteiger partial charge in [0, 0.05) is 35.6 Å². The SMILES string of the molecule is Cc1cc(C)c2cc(CN(Cc3nnnn3CCc3ccccc3)C3CCCC3)c(=O)[nH]c2c1. The maximum atomic E-state index is 13.0. The van der Waals surface area contributed by atoms with Crippen molar-refractivity contribution < 1.29 is 0 Å². The summed E-state index contributed by atoms with van der Waals surface area (Å²) in [7, 11) is 0. The molecule has 0 saturated heterocycles. The molecule has 0 amide bonds. The van der Waals surface area contributed by atoms with Crippen molar-refractivity contribution >= 4 is 10.9 Å².